The third-order valence-electron chi connectivity index (χ3n) is 4.23. The summed E-state index contributed by atoms with van der Waals surface area (Å²) in [5.41, 5.74) is 1.74. The molecule has 2 rings (SSSR count). The molecular weight excluding hydrogens is 424 g/mol. The summed E-state index contributed by atoms with van der Waals surface area (Å²) < 4.78 is 10.1. The Kier molecular flexibility index (Phi) is 9.49. The van der Waals surface area contributed by atoms with Crippen LogP contribution in [-0.4, -0.2) is 57.7 Å². The smallest absolute Gasteiger partial charge is 0.397 e. The maximum atomic E-state index is 12.8. The summed E-state index contributed by atoms with van der Waals surface area (Å²) in [5, 5.41) is 0.562. The minimum Gasteiger partial charge on any atom is -0.497 e. The second-order valence-electron chi connectivity index (χ2n) is 6.73. The molecule has 0 heterocycles. The summed E-state index contributed by atoms with van der Waals surface area (Å²) >= 11 is 7.78. The van der Waals surface area contributed by atoms with Crippen LogP contribution < -0.4 is 9.64 Å². The van der Waals surface area contributed by atoms with Crippen molar-refractivity contribution in [1.82, 2.24) is 4.90 Å². The van der Waals surface area contributed by atoms with Crippen LogP contribution in [0.15, 0.2) is 47.4 Å². The van der Waals surface area contributed by atoms with E-state index in [4.69, 9.17) is 21.1 Å². The highest BCUT2D eigenvalue weighted by molar-refractivity contribution is 7.98. The van der Waals surface area contributed by atoms with Crippen molar-refractivity contribution in [3.63, 3.8) is 0 Å². The number of hydrogen-bond donors (Lipinski definition) is 0. The topological polar surface area (TPSA) is 59.1 Å². The lowest BCUT2D eigenvalue weighted by molar-refractivity contribution is -0.153. The second-order valence-corrected chi connectivity index (χ2v) is 8.18. The highest BCUT2D eigenvalue weighted by atomic mass is 35.5. The molecule has 0 aliphatic rings. The van der Waals surface area contributed by atoms with Gasteiger partial charge < -0.3 is 19.3 Å². The van der Waals surface area contributed by atoms with Crippen molar-refractivity contribution >= 4 is 40.9 Å². The maximum absolute atomic E-state index is 12.8. The molecule has 1 amide bonds. The van der Waals surface area contributed by atoms with E-state index in [1.165, 1.54) is 4.90 Å². The third kappa shape index (κ3) is 6.93. The van der Waals surface area contributed by atoms with Crippen LogP contribution in [0.5, 0.6) is 5.75 Å². The van der Waals surface area contributed by atoms with Gasteiger partial charge in [-0.25, -0.2) is 4.79 Å². The van der Waals surface area contributed by atoms with Crippen LogP contribution >= 0.6 is 23.4 Å². The van der Waals surface area contributed by atoms with E-state index >= 15 is 0 Å². The third-order valence-corrected chi connectivity index (χ3v) is 5.58. The van der Waals surface area contributed by atoms with E-state index in [1.807, 2.05) is 49.3 Å². The minimum atomic E-state index is -0.864. The first-order valence-corrected chi connectivity index (χ1v) is 10.9. The van der Waals surface area contributed by atoms with E-state index in [0.29, 0.717) is 29.6 Å². The molecule has 0 radical (unpaired) electrons. The van der Waals surface area contributed by atoms with Gasteiger partial charge in [0.15, 0.2) is 0 Å². The van der Waals surface area contributed by atoms with E-state index in [1.54, 1.807) is 37.9 Å². The molecule has 0 atom stereocenters. The Hall–Kier alpha value is -2.22. The number of thioether (sulfide) groups is 1. The summed E-state index contributed by atoms with van der Waals surface area (Å²) in [6, 6.07) is 13.1. The normalized spacial score (nSPS) is 10.7. The lowest BCUT2D eigenvalue weighted by atomic mass is 10.2. The van der Waals surface area contributed by atoms with Crippen LogP contribution in [0, 0.1) is 0 Å². The van der Waals surface area contributed by atoms with Crippen molar-refractivity contribution in [3.8, 4) is 5.75 Å². The number of esters is 1. The van der Waals surface area contributed by atoms with Crippen LogP contribution in [-0.2, 0) is 20.1 Å². The largest absolute Gasteiger partial charge is 0.497 e. The molecule has 6 nitrogen and oxygen atoms in total. The van der Waals surface area contributed by atoms with Crippen molar-refractivity contribution in [2.45, 2.75) is 17.6 Å². The zero-order valence-corrected chi connectivity index (χ0v) is 19.3. The Morgan fingerprint density at radius 1 is 1.07 bits per heavy atom. The van der Waals surface area contributed by atoms with Gasteiger partial charge in [-0.05, 0) is 56.9 Å². The number of methoxy groups -OCH3 is 1. The Morgan fingerprint density at radius 2 is 1.77 bits per heavy atom. The fraction of sp³-hybridized carbons (Fsp3) is 0.364. The summed E-state index contributed by atoms with van der Waals surface area (Å²) in [4.78, 5) is 29.2. The SMILES string of the molecule is CCOC(=O)C(=O)N(CCN(C)C)c1ccc(Cl)cc1SCc1ccc(OC)cc1. The van der Waals surface area contributed by atoms with Gasteiger partial charge in [-0.2, -0.15) is 0 Å². The highest BCUT2D eigenvalue weighted by Crippen LogP contribution is 2.35. The van der Waals surface area contributed by atoms with Crippen LogP contribution in [0.3, 0.4) is 0 Å². The molecule has 0 saturated heterocycles. The fourth-order valence-electron chi connectivity index (χ4n) is 2.64. The standard InChI is InChI=1S/C22H27ClN2O4S/c1-5-29-22(27)21(26)25(13-12-24(2)3)19-11-8-17(23)14-20(19)30-15-16-6-9-18(28-4)10-7-16/h6-11,14H,5,12-13,15H2,1-4H3. The predicted molar refractivity (Wildman–Crippen MR) is 122 cm³/mol. The van der Waals surface area contributed by atoms with E-state index in [9.17, 15) is 9.59 Å². The number of carbonyl (C=O) groups excluding carboxylic acids is 2. The number of rotatable bonds is 9. The van der Waals surface area contributed by atoms with Crippen LogP contribution in [0.1, 0.15) is 12.5 Å². The van der Waals surface area contributed by atoms with E-state index in [-0.39, 0.29) is 6.61 Å². The number of amides is 1. The molecule has 2 aromatic rings. The quantitative estimate of drug-likeness (QED) is 0.325. The molecule has 162 valence electrons. The van der Waals surface area contributed by atoms with Crippen molar-refractivity contribution in [2.24, 2.45) is 0 Å². The number of ether oxygens (including phenoxy) is 2. The van der Waals surface area contributed by atoms with Gasteiger partial charge >= 0.3 is 11.9 Å². The molecule has 0 aromatic heterocycles. The van der Waals surface area contributed by atoms with Gasteiger partial charge in [0.25, 0.3) is 0 Å². The number of anilines is 1. The zero-order valence-electron chi connectivity index (χ0n) is 17.7. The van der Waals surface area contributed by atoms with E-state index in [2.05, 4.69) is 0 Å². The number of nitrogens with zero attached hydrogens (tertiary/aromatic N) is 2. The van der Waals surface area contributed by atoms with Gasteiger partial charge in [0.1, 0.15) is 5.75 Å². The Balaban J connectivity index is 2.30. The summed E-state index contributed by atoms with van der Waals surface area (Å²) in [6.45, 7) is 2.76. The number of likely N-dealkylation sites (N-methyl/N-ethyl adjacent to an activating group) is 1. The number of benzene rings is 2. The molecule has 2 aromatic carbocycles. The number of hydrogen-bond acceptors (Lipinski definition) is 6. The van der Waals surface area contributed by atoms with Crippen molar-refractivity contribution in [3.05, 3.63) is 53.1 Å². The summed E-state index contributed by atoms with van der Waals surface area (Å²) in [7, 11) is 5.45. The van der Waals surface area contributed by atoms with Crippen molar-refractivity contribution in [1.29, 1.82) is 0 Å². The number of carbonyl (C=O) groups is 2. The van der Waals surface area contributed by atoms with Crippen LogP contribution in [0.4, 0.5) is 5.69 Å². The lowest BCUT2D eigenvalue weighted by Crippen LogP contribution is -2.41. The van der Waals surface area contributed by atoms with Crippen LogP contribution in [0.25, 0.3) is 0 Å². The maximum Gasteiger partial charge on any atom is 0.397 e. The zero-order chi connectivity index (χ0) is 22.1. The Labute approximate surface area is 187 Å². The Bertz CT molecular complexity index is 859. The second kappa shape index (κ2) is 11.8. The summed E-state index contributed by atoms with van der Waals surface area (Å²) in [5.74, 6) is -0.0846. The predicted octanol–water partition coefficient (Wildman–Crippen LogP) is 4.10. The molecule has 0 spiro atoms. The molecule has 0 N–H and O–H groups in total. The molecule has 30 heavy (non-hydrogen) atoms. The lowest BCUT2D eigenvalue weighted by Gasteiger charge is -2.25. The number of halogens is 1. The van der Waals surface area contributed by atoms with Crippen molar-refractivity contribution < 1.29 is 19.1 Å². The van der Waals surface area contributed by atoms with Gasteiger partial charge in [0.05, 0.1) is 19.4 Å². The first kappa shape index (κ1) is 24.1. The van der Waals surface area contributed by atoms with Gasteiger partial charge in [0.2, 0.25) is 0 Å². The molecule has 0 fully saturated rings. The molecule has 0 bridgehead atoms. The van der Waals surface area contributed by atoms with E-state index in [0.717, 1.165) is 16.2 Å². The first-order chi connectivity index (χ1) is 14.3. The molecule has 0 aliphatic carbocycles. The molecule has 0 unspecified atom stereocenters. The van der Waals surface area contributed by atoms with Crippen LogP contribution in [0.2, 0.25) is 5.02 Å². The average molecular weight is 451 g/mol. The van der Waals surface area contributed by atoms with Gasteiger partial charge in [0, 0.05) is 28.8 Å². The summed E-state index contributed by atoms with van der Waals surface area (Å²) in [6.07, 6.45) is 0. The molecule has 8 heteroatoms. The molecular formula is C22H27ClN2O4S. The first-order valence-electron chi connectivity index (χ1n) is 9.54. The molecule has 0 saturated carbocycles. The average Bonchev–Trinajstić information content (AvgIpc) is 2.73. The van der Waals surface area contributed by atoms with Crippen molar-refractivity contribution in [2.75, 3.05) is 45.8 Å². The minimum absolute atomic E-state index is 0.145. The van der Waals surface area contributed by atoms with Gasteiger partial charge in [-0.3, -0.25) is 4.79 Å². The van der Waals surface area contributed by atoms with Gasteiger partial charge in [-0.1, -0.05) is 23.7 Å². The molecule has 0 aliphatic heterocycles. The highest BCUT2D eigenvalue weighted by Gasteiger charge is 2.26. The van der Waals surface area contributed by atoms with Gasteiger partial charge in [-0.15, -0.1) is 11.8 Å². The monoisotopic (exact) mass is 450 g/mol. The fourth-order valence-corrected chi connectivity index (χ4v) is 3.93. The Morgan fingerprint density at radius 3 is 2.37 bits per heavy atom. The van der Waals surface area contributed by atoms with E-state index < -0.39 is 11.9 Å².